The molecule has 0 saturated heterocycles. The molecule has 0 bridgehead atoms. The minimum atomic E-state index is -0.547. The van der Waals surface area contributed by atoms with E-state index in [1.807, 2.05) is 44.2 Å². The zero-order valence-electron chi connectivity index (χ0n) is 14.8. The first-order valence-corrected chi connectivity index (χ1v) is 8.71. The van der Waals surface area contributed by atoms with Gasteiger partial charge in [0.2, 0.25) is 0 Å². The first-order chi connectivity index (χ1) is 12.5. The molecule has 1 unspecified atom stereocenters. The van der Waals surface area contributed by atoms with E-state index in [1.165, 1.54) is 5.01 Å². The molecule has 0 N–H and O–H groups in total. The second-order valence-corrected chi connectivity index (χ2v) is 6.10. The molecule has 1 aliphatic heterocycles. The largest absolute Gasteiger partial charge is 0.340 e. The smallest absolute Gasteiger partial charge is 0.324 e. The third-order valence-corrected chi connectivity index (χ3v) is 4.56. The Labute approximate surface area is 151 Å². The highest BCUT2D eigenvalue weighted by Crippen LogP contribution is 2.34. The molecule has 136 valence electrons. The molecule has 0 saturated carbocycles. The van der Waals surface area contributed by atoms with Crippen molar-refractivity contribution < 1.29 is 13.6 Å². The molecular formula is C20H21F2N3O. The number of hydrazone groups is 1. The van der Waals surface area contributed by atoms with Crippen LogP contribution in [-0.2, 0) is 0 Å². The molecule has 3 rings (SSSR count). The van der Waals surface area contributed by atoms with Crippen molar-refractivity contribution in [2.45, 2.75) is 26.3 Å². The fraction of sp³-hybridized carbons (Fsp3) is 0.300. The number of carbonyl (C=O) groups excluding carboxylic acids is 1. The van der Waals surface area contributed by atoms with Crippen LogP contribution >= 0.6 is 0 Å². The van der Waals surface area contributed by atoms with Gasteiger partial charge in [0, 0.05) is 25.1 Å². The summed E-state index contributed by atoms with van der Waals surface area (Å²) in [5, 5.41) is 5.78. The van der Waals surface area contributed by atoms with Crippen LogP contribution < -0.4 is 0 Å². The fourth-order valence-corrected chi connectivity index (χ4v) is 3.14. The number of hydrogen-bond acceptors (Lipinski definition) is 2. The minimum Gasteiger partial charge on any atom is -0.324 e. The van der Waals surface area contributed by atoms with Crippen LogP contribution in [-0.4, -0.2) is 34.7 Å². The highest BCUT2D eigenvalue weighted by molar-refractivity contribution is 6.03. The summed E-state index contributed by atoms with van der Waals surface area (Å²) in [6.45, 7) is 4.89. The van der Waals surface area contributed by atoms with Crippen LogP contribution in [0.15, 0.2) is 53.6 Å². The molecule has 2 aromatic rings. The van der Waals surface area contributed by atoms with Gasteiger partial charge in [-0.05, 0) is 37.6 Å². The van der Waals surface area contributed by atoms with E-state index in [2.05, 4.69) is 5.10 Å². The molecule has 6 heteroatoms. The van der Waals surface area contributed by atoms with E-state index in [1.54, 1.807) is 4.90 Å². The maximum atomic E-state index is 14.2. The number of carbonyl (C=O) groups is 1. The Balaban J connectivity index is 2.01. The number of halogens is 2. The van der Waals surface area contributed by atoms with Gasteiger partial charge in [0.05, 0.1) is 11.8 Å². The van der Waals surface area contributed by atoms with E-state index in [4.69, 9.17) is 0 Å². The van der Waals surface area contributed by atoms with Crippen molar-refractivity contribution >= 4 is 11.7 Å². The van der Waals surface area contributed by atoms with Gasteiger partial charge < -0.3 is 4.90 Å². The monoisotopic (exact) mass is 357 g/mol. The third-order valence-electron chi connectivity index (χ3n) is 4.56. The van der Waals surface area contributed by atoms with Crippen molar-refractivity contribution in [3.8, 4) is 0 Å². The summed E-state index contributed by atoms with van der Waals surface area (Å²) in [6, 6.07) is 12.2. The Morgan fingerprint density at radius 2 is 1.85 bits per heavy atom. The third kappa shape index (κ3) is 3.45. The average molecular weight is 357 g/mol. The van der Waals surface area contributed by atoms with Crippen LogP contribution in [0.25, 0.3) is 0 Å². The lowest BCUT2D eigenvalue weighted by molar-refractivity contribution is 0.146. The van der Waals surface area contributed by atoms with Gasteiger partial charge in [-0.15, -0.1) is 0 Å². The Bertz CT molecular complexity index is 819. The second kappa shape index (κ2) is 7.64. The van der Waals surface area contributed by atoms with Crippen LogP contribution in [0.1, 0.15) is 37.4 Å². The van der Waals surface area contributed by atoms with E-state index >= 15 is 0 Å². The Morgan fingerprint density at radius 1 is 1.15 bits per heavy atom. The summed E-state index contributed by atoms with van der Waals surface area (Å²) in [7, 11) is 0. The van der Waals surface area contributed by atoms with Gasteiger partial charge >= 0.3 is 6.03 Å². The van der Waals surface area contributed by atoms with Crippen molar-refractivity contribution in [2.24, 2.45) is 5.10 Å². The zero-order valence-corrected chi connectivity index (χ0v) is 14.8. The average Bonchev–Trinajstić information content (AvgIpc) is 3.10. The van der Waals surface area contributed by atoms with Gasteiger partial charge in [-0.3, -0.25) is 0 Å². The Hall–Kier alpha value is -2.76. The second-order valence-electron chi connectivity index (χ2n) is 6.10. The van der Waals surface area contributed by atoms with Gasteiger partial charge in [-0.25, -0.2) is 18.6 Å². The highest BCUT2D eigenvalue weighted by atomic mass is 19.1. The van der Waals surface area contributed by atoms with Crippen LogP contribution in [0.2, 0.25) is 0 Å². The minimum absolute atomic E-state index is 0.0979. The topological polar surface area (TPSA) is 35.9 Å². The SMILES string of the molecule is CCN(CC)C(=O)N1N=C(c2cc(F)ccc2F)CC1c1ccccc1. The summed E-state index contributed by atoms with van der Waals surface area (Å²) in [6.07, 6.45) is 0.331. The maximum absolute atomic E-state index is 14.2. The van der Waals surface area contributed by atoms with Crippen molar-refractivity contribution in [1.29, 1.82) is 0 Å². The van der Waals surface area contributed by atoms with Gasteiger partial charge in [-0.1, -0.05) is 30.3 Å². The molecule has 2 aromatic carbocycles. The first kappa shape index (κ1) is 18.0. The molecule has 0 radical (unpaired) electrons. The number of amides is 2. The summed E-state index contributed by atoms with van der Waals surface area (Å²) >= 11 is 0. The van der Waals surface area contributed by atoms with Crippen LogP contribution in [0.3, 0.4) is 0 Å². The molecule has 4 nitrogen and oxygen atoms in total. The molecular weight excluding hydrogens is 336 g/mol. The molecule has 0 spiro atoms. The molecule has 26 heavy (non-hydrogen) atoms. The van der Waals surface area contributed by atoms with Crippen molar-refractivity contribution in [3.63, 3.8) is 0 Å². The molecule has 1 atom stereocenters. The van der Waals surface area contributed by atoms with Gasteiger partial charge in [-0.2, -0.15) is 5.10 Å². The van der Waals surface area contributed by atoms with E-state index < -0.39 is 11.6 Å². The van der Waals surface area contributed by atoms with Crippen LogP contribution in [0.4, 0.5) is 13.6 Å². The van der Waals surface area contributed by atoms with E-state index in [0.29, 0.717) is 25.2 Å². The van der Waals surface area contributed by atoms with Crippen LogP contribution in [0, 0.1) is 11.6 Å². The predicted molar refractivity (Wildman–Crippen MR) is 96.9 cm³/mol. The Kier molecular flexibility index (Phi) is 5.30. The molecule has 0 aromatic heterocycles. The number of nitrogens with zero attached hydrogens (tertiary/aromatic N) is 3. The van der Waals surface area contributed by atoms with E-state index in [-0.39, 0.29) is 17.6 Å². The number of hydrogen-bond donors (Lipinski definition) is 0. The number of rotatable bonds is 4. The zero-order chi connectivity index (χ0) is 18.7. The van der Waals surface area contributed by atoms with Gasteiger partial charge in [0.1, 0.15) is 11.6 Å². The van der Waals surface area contributed by atoms with E-state index in [9.17, 15) is 13.6 Å². The molecule has 0 fully saturated rings. The lowest BCUT2D eigenvalue weighted by atomic mass is 9.98. The van der Waals surface area contributed by atoms with E-state index in [0.717, 1.165) is 23.8 Å². The lowest BCUT2D eigenvalue weighted by Gasteiger charge is -2.28. The number of urea groups is 1. The molecule has 0 aliphatic carbocycles. The fourth-order valence-electron chi connectivity index (χ4n) is 3.14. The molecule has 1 aliphatic rings. The summed E-state index contributed by atoms with van der Waals surface area (Å²) in [4.78, 5) is 14.6. The van der Waals surface area contributed by atoms with Gasteiger partial charge in [0.15, 0.2) is 0 Å². The van der Waals surface area contributed by atoms with Crippen molar-refractivity contribution in [3.05, 3.63) is 71.3 Å². The van der Waals surface area contributed by atoms with Crippen molar-refractivity contribution in [1.82, 2.24) is 9.91 Å². The quantitative estimate of drug-likeness (QED) is 0.789. The number of benzene rings is 2. The normalized spacial score (nSPS) is 16.5. The first-order valence-electron chi connectivity index (χ1n) is 8.71. The van der Waals surface area contributed by atoms with Crippen LogP contribution in [0.5, 0.6) is 0 Å². The highest BCUT2D eigenvalue weighted by Gasteiger charge is 2.35. The summed E-state index contributed by atoms with van der Waals surface area (Å²) in [5.41, 5.74) is 1.38. The summed E-state index contributed by atoms with van der Waals surface area (Å²) in [5.74, 6) is -1.08. The molecule has 1 heterocycles. The maximum Gasteiger partial charge on any atom is 0.340 e. The summed E-state index contributed by atoms with van der Waals surface area (Å²) < 4.78 is 27.8. The Morgan fingerprint density at radius 3 is 2.50 bits per heavy atom. The lowest BCUT2D eigenvalue weighted by Crippen LogP contribution is -2.40. The standard InChI is InChI=1S/C20H21F2N3O/c1-3-24(4-2)20(26)25-19(14-8-6-5-7-9-14)13-18(23-25)16-12-15(21)10-11-17(16)22/h5-12,19H,3-4,13H2,1-2H3. The molecule has 2 amide bonds. The van der Waals surface area contributed by atoms with Gasteiger partial charge in [0.25, 0.3) is 0 Å². The van der Waals surface area contributed by atoms with Crippen molar-refractivity contribution in [2.75, 3.05) is 13.1 Å². The predicted octanol–water partition coefficient (Wildman–Crippen LogP) is 4.58.